The second-order valence-electron chi connectivity index (χ2n) is 8.71. The molecule has 0 N–H and O–H groups in total. The minimum absolute atomic E-state index is 0.0688. The Hall–Kier alpha value is -3.67. The molecular weight excluding hydrogens is 468 g/mol. The molecule has 170 valence electrons. The summed E-state index contributed by atoms with van der Waals surface area (Å²) in [5.41, 5.74) is 5.27. The molecule has 5 heteroatoms. The highest BCUT2D eigenvalue weighted by atomic mass is 32.2. The number of para-hydroxylation sites is 2. The summed E-state index contributed by atoms with van der Waals surface area (Å²) in [6, 6.07) is 31.2. The van der Waals surface area contributed by atoms with Gasteiger partial charge in [-0.1, -0.05) is 96.8 Å². The van der Waals surface area contributed by atoms with Crippen molar-refractivity contribution in [3.63, 3.8) is 0 Å². The molecule has 1 saturated heterocycles. The van der Waals surface area contributed by atoms with E-state index in [2.05, 4.69) is 71.4 Å². The van der Waals surface area contributed by atoms with Gasteiger partial charge in [-0.3, -0.25) is 9.69 Å². The van der Waals surface area contributed by atoms with Gasteiger partial charge in [-0.05, 0) is 53.1 Å². The Balaban J connectivity index is 1.38. The van der Waals surface area contributed by atoms with Crippen LogP contribution in [0.15, 0.2) is 102 Å². The van der Waals surface area contributed by atoms with E-state index in [0.29, 0.717) is 9.23 Å². The molecule has 3 nitrogen and oxygen atoms in total. The first-order chi connectivity index (χ1) is 17.1. The Morgan fingerprint density at radius 3 is 2.49 bits per heavy atom. The van der Waals surface area contributed by atoms with Gasteiger partial charge in [0.2, 0.25) is 0 Å². The van der Waals surface area contributed by atoms with E-state index in [9.17, 15) is 4.79 Å². The van der Waals surface area contributed by atoms with Gasteiger partial charge < -0.3 is 4.57 Å². The first-order valence-electron chi connectivity index (χ1n) is 11.5. The van der Waals surface area contributed by atoms with E-state index in [1.165, 1.54) is 28.1 Å². The lowest BCUT2D eigenvalue weighted by molar-refractivity contribution is -0.113. The van der Waals surface area contributed by atoms with Crippen molar-refractivity contribution in [2.75, 3.05) is 4.90 Å². The van der Waals surface area contributed by atoms with Gasteiger partial charge in [0.05, 0.1) is 10.6 Å². The maximum atomic E-state index is 13.4. The van der Waals surface area contributed by atoms with Crippen LogP contribution in [-0.2, 0) is 11.3 Å². The summed E-state index contributed by atoms with van der Waals surface area (Å²) in [7, 11) is 0. The largest absolute Gasteiger partial charge is 0.342 e. The molecule has 1 aliphatic heterocycles. The van der Waals surface area contributed by atoms with Gasteiger partial charge in [0.1, 0.15) is 0 Å². The molecule has 1 fully saturated rings. The summed E-state index contributed by atoms with van der Waals surface area (Å²) in [5, 5.41) is 3.60. The van der Waals surface area contributed by atoms with Crippen LogP contribution in [0.1, 0.15) is 16.7 Å². The summed E-state index contributed by atoms with van der Waals surface area (Å²) in [5.74, 6) is -0.0688. The molecule has 0 spiro atoms. The fourth-order valence-corrected chi connectivity index (χ4v) is 5.96. The van der Waals surface area contributed by atoms with E-state index in [0.717, 1.165) is 34.3 Å². The number of thioether (sulfide) groups is 1. The Morgan fingerprint density at radius 1 is 0.886 bits per heavy atom. The quantitative estimate of drug-likeness (QED) is 0.192. The fraction of sp³-hybridized carbons (Fsp3) is 0.0667. The monoisotopic (exact) mass is 490 g/mol. The van der Waals surface area contributed by atoms with Crippen LogP contribution in [-0.4, -0.2) is 14.8 Å². The normalized spacial score (nSPS) is 15.1. The topological polar surface area (TPSA) is 25.2 Å². The van der Waals surface area contributed by atoms with E-state index < -0.39 is 0 Å². The number of carbonyl (C=O) groups excluding carboxylic acids is 1. The third kappa shape index (κ3) is 3.97. The summed E-state index contributed by atoms with van der Waals surface area (Å²) < 4.78 is 2.82. The smallest absolute Gasteiger partial charge is 0.270 e. The molecule has 4 aromatic carbocycles. The maximum absolute atomic E-state index is 13.4. The molecule has 0 unspecified atom stereocenters. The highest BCUT2D eigenvalue weighted by molar-refractivity contribution is 8.27. The average molecular weight is 491 g/mol. The number of anilines is 1. The summed E-state index contributed by atoms with van der Waals surface area (Å²) >= 11 is 6.96. The molecule has 6 rings (SSSR count). The molecule has 0 saturated carbocycles. The van der Waals surface area contributed by atoms with E-state index >= 15 is 0 Å². The van der Waals surface area contributed by atoms with Gasteiger partial charge in [-0.2, -0.15) is 0 Å². The van der Waals surface area contributed by atoms with Crippen LogP contribution in [0.25, 0.3) is 27.8 Å². The standard InChI is InChI=1S/C30H22N2OS2/c1-20-8-2-6-12-26(20)32-29(33)28(35-30(32)34)17-24-19-31(27-13-7-5-11-25(24)27)18-21-14-15-22-9-3-4-10-23(22)16-21/h2-17,19H,18H2,1H3/b28-17-. The molecule has 0 aliphatic carbocycles. The predicted molar refractivity (Wildman–Crippen MR) is 152 cm³/mol. The maximum Gasteiger partial charge on any atom is 0.270 e. The lowest BCUT2D eigenvalue weighted by Crippen LogP contribution is -2.28. The van der Waals surface area contributed by atoms with Crippen LogP contribution in [0, 0.1) is 6.92 Å². The molecule has 5 aromatic rings. The second kappa shape index (κ2) is 8.84. The molecule has 1 aromatic heterocycles. The Kier molecular flexibility index (Phi) is 5.51. The number of hydrogen-bond donors (Lipinski definition) is 0. The van der Waals surface area contributed by atoms with Crippen LogP contribution in [0.4, 0.5) is 5.69 Å². The second-order valence-corrected chi connectivity index (χ2v) is 10.4. The fourth-order valence-electron chi connectivity index (χ4n) is 4.69. The first-order valence-corrected chi connectivity index (χ1v) is 12.7. The summed E-state index contributed by atoms with van der Waals surface area (Å²) in [4.78, 5) is 15.7. The van der Waals surface area contributed by atoms with Crippen LogP contribution in [0.5, 0.6) is 0 Å². The van der Waals surface area contributed by atoms with Gasteiger partial charge in [-0.25, -0.2) is 0 Å². The number of thiocarbonyl (C=S) groups is 1. The molecule has 35 heavy (non-hydrogen) atoms. The number of hydrogen-bond acceptors (Lipinski definition) is 3. The minimum Gasteiger partial charge on any atom is -0.342 e. The minimum atomic E-state index is -0.0688. The van der Waals surface area contributed by atoms with E-state index in [1.54, 1.807) is 4.90 Å². The lowest BCUT2D eigenvalue weighted by Gasteiger charge is -2.16. The number of amides is 1. The SMILES string of the molecule is Cc1ccccc1N1C(=O)/C(=C/c2cn(Cc3ccc4ccccc4c3)c3ccccc23)SC1=S. The van der Waals surface area contributed by atoms with Crippen molar-refractivity contribution in [2.24, 2.45) is 0 Å². The molecule has 0 bridgehead atoms. The van der Waals surface area contributed by atoms with E-state index in [1.807, 2.05) is 43.3 Å². The van der Waals surface area contributed by atoms with E-state index in [4.69, 9.17) is 12.2 Å². The zero-order valence-corrected chi connectivity index (χ0v) is 20.8. The zero-order chi connectivity index (χ0) is 23.9. The van der Waals surface area contributed by atoms with Crippen LogP contribution >= 0.6 is 24.0 Å². The first kappa shape index (κ1) is 21.8. The van der Waals surface area contributed by atoms with Crippen LogP contribution < -0.4 is 4.90 Å². The van der Waals surface area contributed by atoms with Crippen molar-refractivity contribution in [3.8, 4) is 0 Å². The van der Waals surface area contributed by atoms with Crippen molar-refractivity contribution in [3.05, 3.63) is 119 Å². The average Bonchev–Trinajstić information content (AvgIpc) is 3.35. The van der Waals surface area contributed by atoms with Gasteiger partial charge in [-0.15, -0.1) is 0 Å². The van der Waals surface area contributed by atoms with Crippen molar-refractivity contribution < 1.29 is 4.79 Å². The third-order valence-electron chi connectivity index (χ3n) is 6.42. The number of rotatable bonds is 4. The van der Waals surface area contributed by atoms with Gasteiger partial charge in [0, 0.05) is 29.2 Å². The number of aromatic nitrogens is 1. The van der Waals surface area contributed by atoms with Crippen molar-refractivity contribution in [1.29, 1.82) is 0 Å². The highest BCUT2D eigenvalue weighted by Gasteiger charge is 2.34. The summed E-state index contributed by atoms with van der Waals surface area (Å²) in [6.07, 6.45) is 4.12. The number of fused-ring (bicyclic) bond motifs is 2. The number of carbonyl (C=O) groups is 1. The van der Waals surface area contributed by atoms with Crippen molar-refractivity contribution >= 4 is 67.6 Å². The van der Waals surface area contributed by atoms with Crippen molar-refractivity contribution in [1.82, 2.24) is 4.57 Å². The third-order valence-corrected chi connectivity index (χ3v) is 7.73. The molecule has 1 aliphatic rings. The molecule has 1 amide bonds. The zero-order valence-electron chi connectivity index (χ0n) is 19.1. The Bertz CT molecular complexity index is 1660. The van der Waals surface area contributed by atoms with E-state index in [-0.39, 0.29) is 5.91 Å². The number of aryl methyl sites for hydroxylation is 1. The van der Waals surface area contributed by atoms with Crippen LogP contribution in [0.2, 0.25) is 0 Å². The van der Waals surface area contributed by atoms with Gasteiger partial charge in [0.15, 0.2) is 4.32 Å². The molecule has 0 radical (unpaired) electrons. The van der Waals surface area contributed by atoms with Gasteiger partial charge in [0.25, 0.3) is 5.91 Å². The lowest BCUT2D eigenvalue weighted by atomic mass is 10.1. The summed E-state index contributed by atoms with van der Waals surface area (Å²) in [6.45, 7) is 2.75. The number of nitrogens with zero attached hydrogens (tertiary/aromatic N) is 2. The Morgan fingerprint density at radius 2 is 1.63 bits per heavy atom. The Labute approximate surface area is 213 Å². The van der Waals surface area contributed by atoms with Crippen molar-refractivity contribution in [2.45, 2.75) is 13.5 Å². The predicted octanol–water partition coefficient (Wildman–Crippen LogP) is 7.56. The highest BCUT2D eigenvalue weighted by Crippen LogP contribution is 2.38. The molecular formula is C30H22N2OS2. The molecule has 0 atom stereocenters. The molecule has 2 heterocycles. The van der Waals surface area contributed by atoms with Gasteiger partial charge >= 0.3 is 0 Å². The van der Waals surface area contributed by atoms with Crippen LogP contribution in [0.3, 0.4) is 0 Å². The number of benzene rings is 4.